The van der Waals surface area contributed by atoms with Crippen LogP contribution in [-0.4, -0.2) is 34.7 Å². The summed E-state index contributed by atoms with van der Waals surface area (Å²) in [5, 5.41) is 12.4. The van der Waals surface area contributed by atoms with E-state index in [-0.39, 0.29) is 11.9 Å². The molecule has 2 aromatic rings. The number of nitrogens with zero attached hydrogens (tertiary/aromatic N) is 2. The molecule has 0 bridgehead atoms. The number of hydrogen-bond donors (Lipinski definition) is 2. The largest absolute Gasteiger partial charge is 0.353 e. The van der Waals surface area contributed by atoms with E-state index in [2.05, 4.69) is 43.6 Å². The third-order valence-electron chi connectivity index (χ3n) is 3.81. The monoisotopic (exact) mass is 398 g/mol. The van der Waals surface area contributed by atoms with Gasteiger partial charge in [-0.1, -0.05) is 5.16 Å². The van der Waals surface area contributed by atoms with Crippen LogP contribution in [0.15, 0.2) is 20.4 Å². The van der Waals surface area contributed by atoms with Gasteiger partial charge in [0.25, 0.3) is 0 Å². The maximum atomic E-state index is 12.0. The average Bonchev–Trinajstić information content (AvgIpc) is 3.14. The summed E-state index contributed by atoms with van der Waals surface area (Å²) in [6.45, 7) is 3.09. The molecule has 23 heavy (non-hydrogen) atoms. The molecule has 3 heterocycles. The predicted octanol–water partition coefficient (Wildman–Crippen LogP) is 2.75. The van der Waals surface area contributed by atoms with Crippen molar-refractivity contribution in [2.75, 3.05) is 6.54 Å². The highest BCUT2D eigenvalue weighted by atomic mass is 79.9. The van der Waals surface area contributed by atoms with Gasteiger partial charge in [-0.05, 0) is 48.3 Å². The lowest BCUT2D eigenvalue weighted by molar-refractivity contribution is -0.122. The minimum Gasteiger partial charge on any atom is -0.353 e. The molecule has 0 radical (unpaired) electrons. The standard InChI is InChI=1S/C15H19BrN4O2S/c1-9-6-11(4-5-17-9)18-13(21)2-3-14-19-15(20-22-14)12-7-10(16)8-23-12/h7-9,11,17H,2-6H2,1H3,(H,18,21). The van der Waals surface area contributed by atoms with E-state index in [1.165, 1.54) is 0 Å². The number of rotatable bonds is 5. The molecule has 124 valence electrons. The molecular weight excluding hydrogens is 380 g/mol. The maximum Gasteiger partial charge on any atom is 0.227 e. The third kappa shape index (κ3) is 4.62. The first-order valence-corrected chi connectivity index (χ1v) is 9.37. The summed E-state index contributed by atoms with van der Waals surface area (Å²) in [5.41, 5.74) is 0. The molecule has 2 unspecified atom stereocenters. The van der Waals surface area contributed by atoms with Crippen LogP contribution in [0.3, 0.4) is 0 Å². The number of nitrogens with one attached hydrogen (secondary N) is 2. The third-order valence-corrected chi connectivity index (χ3v) is 5.50. The first kappa shape index (κ1) is 16.6. The van der Waals surface area contributed by atoms with E-state index in [0.29, 0.717) is 30.6 Å². The minimum absolute atomic E-state index is 0.0442. The molecule has 1 aliphatic heterocycles. The number of piperidine rings is 1. The SMILES string of the molecule is CC1CC(NC(=O)CCc2nc(-c3cc(Br)cs3)no2)CCN1. The molecule has 0 saturated carbocycles. The van der Waals surface area contributed by atoms with Gasteiger partial charge in [-0.3, -0.25) is 4.79 Å². The van der Waals surface area contributed by atoms with Gasteiger partial charge in [0, 0.05) is 34.8 Å². The highest BCUT2D eigenvalue weighted by Crippen LogP contribution is 2.27. The molecule has 2 N–H and O–H groups in total. The Morgan fingerprint density at radius 3 is 3.22 bits per heavy atom. The average molecular weight is 399 g/mol. The fraction of sp³-hybridized carbons (Fsp3) is 0.533. The molecule has 1 aliphatic rings. The van der Waals surface area contributed by atoms with Gasteiger partial charge in [0.05, 0.1) is 4.88 Å². The molecule has 8 heteroatoms. The summed E-state index contributed by atoms with van der Waals surface area (Å²) in [6.07, 6.45) is 2.79. The number of hydrogen-bond acceptors (Lipinski definition) is 6. The molecule has 0 spiro atoms. The summed E-state index contributed by atoms with van der Waals surface area (Å²) in [6, 6.07) is 2.67. The molecule has 1 amide bonds. The highest BCUT2D eigenvalue weighted by Gasteiger charge is 2.20. The molecule has 0 aliphatic carbocycles. The Morgan fingerprint density at radius 2 is 2.48 bits per heavy atom. The molecule has 6 nitrogen and oxygen atoms in total. The van der Waals surface area contributed by atoms with E-state index in [9.17, 15) is 4.79 Å². The zero-order valence-electron chi connectivity index (χ0n) is 12.8. The number of aryl methyl sites for hydroxylation is 1. The fourth-order valence-electron chi connectivity index (χ4n) is 2.67. The Balaban J connectivity index is 1.48. The molecular formula is C15H19BrN4O2S. The van der Waals surface area contributed by atoms with E-state index in [1.807, 2.05) is 11.4 Å². The molecule has 1 saturated heterocycles. The van der Waals surface area contributed by atoms with Crippen molar-refractivity contribution in [1.82, 2.24) is 20.8 Å². The van der Waals surface area contributed by atoms with Gasteiger partial charge in [-0.2, -0.15) is 4.98 Å². The number of halogens is 1. The molecule has 2 atom stereocenters. The van der Waals surface area contributed by atoms with Crippen LogP contribution in [0.2, 0.25) is 0 Å². The smallest absolute Gasteiger partial charge is 0.227 e. The van der Waals surface area contributed by atoms with Crippen molar-refractivity contribution in [1.29, 1.82) is 0 Å². The normalized spacial score (nSPS) is 21.3. The van der Waals surface area contributed by atoms with E-state index >= 15 is 0 Å². The first-order chi connectivity index (χ1) is 11.1. The van der Waals surface area contributed by atoms with Crippen molar-refractivity contribution < 1.29 is 9.32 Å². The van der Waals surface area contributed by atoms with Crippen molar-refractivity contribution in [2.24, 2.45) is 0 Å². The Labute approximate surface area is 147 Å². The van der Waals surface area contributed by atoms with Gasteiger partial charge in [0.1, 0.15) is 0 Å². The van der Waals surface area contributed by atoms with Crippen LogP contribution in [-0.2, 0) is 11.2 Å². The van der Waals surface area contributed by atoms with E-state index < -0.39 is 0 Å². The second kappa shape index (κ2) is 7.55. The van der Waals surface area contributed by atoms with Crippen molar-refractivity contribution in [3.63, 3.8) is 0 Å². The van der Waals surface area contributed by atoms with Gasteiger partial charge in [0.15, 0.2) is 0 Å². The van der Waals surface area contributed by atoms with E-state index in [0.717, 1.165) is 28.7 Å². The van der Waals surface area contributed by atoms with Gasteiger partial charge < -0.3 is 15.2 Å². The predicted molar refractivity (Wildman–Crippen MR) is 92.3 cm³/mol. The second-order valence-corrected chi connectivity index (χ2v) is 7.61. The van der Waals surface area contributed by atoms with Crippen LogP contribution in [0, 0.1) is 0 Å². The maximum absolute atomic E-state index is 12.0. The zero-order valence-corrected chi connectivity index (χ0v) is 15.2. The number of carbonyl (C=O) groups is 1. The summed E-state index contributed by atoms with van der Waals surface area (Å²) in [4.78, 5) is 17.3. The van der Waals surface area contributed by atoms with Crippen LogP contribution in [0.5, 0.6) is 0 Å². The Kier molecular flexibility index (Phi) is 5.45. The number of thiophene rings is 1. The second-order valence-electron chi connectivity index (χ2n) is 5.78. The Morgan fingerprint density at radius 1 is 1.61 bits per heavy atom. The lowest BCUT2D eigenvalue weighted by Gasteiger charge is -2.28. The summed E-state index contributed by atoms with van der Waals surface area (Å²) in [7, 11) is 0. The Hall–Kier alpha value is -1.25. The van der Waals surface area contributed by atoms with E-state index in [4.69, 9.17) is 4.52 Å². The van der Waals surface area contributed by atoms with Crippen LogP contribution >= 0.6 is 27.3 Å². The lowest BCUT2D eigenvalue weighted by Crippen LogP contribution is -2.46. The summed E-state index contributed by atoms with van der Waals surface area (Å²) < 4.78 is 6.23. The molecule has 1 fully saturated rings. The van der Waals surface area contributed by atoms with Crippen molar-refractivity contribution >= 4 is 33.2 Å². The van der Waals surface area contributed by atoms with Crippen molar-refractivity contribution in [3.8, 4) is 10.7 Å². The van der Waals surface area contributed by atoms with Crippen molar-refractivity contribution in [3.05, 3.63) is 21.8 Å². The minimum atomic E-state index is 0.0442. The number of carbonyl (C=O) groups excluding carboxylic acids is 1. The van der Waals surface area contributed by atoms with Crippen LogP contribution in [0.1, 0.15) is 32.1 Å². The Bertz CT molecular complexity index is 672. The molecule has 2 aromatic heterocycles. The van der Waals surface area contributed by atoms with Gasteiger partial charge in [0.2, 0.25) is 17.6 Å². The van der Waals surface area contributed by atoms with Crippen LogP contribution < -0.4 is 10.6 Å². The summed E-state index contributed by atoms with van der Waals surface area (Å²) in [5.74, 6) is 1.12. The van der Waals surface area contributed by atoms with E-state index in [1.54, 1.807) is 11.3 Å². The number of amides is 1. The molecule has 3 rings (SSSR count). The quantitative estimate of drug-likeness (QED) is 0.808. The molecule has 0 aromatic carbocycles. The van der Waals surface area contributed by atoms with Crippen LogP contribution in [0.25, 0.3) is 10.7 Å². The van der Waals surface area contributed by atoms with Gasteiger partial charge >= 0.3 is 0 Å². The van der Waals surface area contributed by atoms with Crippen molar-refractivity contribution in [2.45, 2.75) is 44.7 Å². The number of aromatic nitrogens is 2. The van der Waals surface area contributed by atoms with Crippen LogP contribution in [0.4, 0.5) is 0 Å². The first-order valence-electron chi connectivity index (χ1n) is 7.70. The topological polar surface area (TPSA) is 80.1 Å². The lowest BCUT2D eigenvalue weighted by atomic mass is 10.0. The van der Waals surface area contributed by atoms with Gasteiger partial charge in [-0.25, -0.2) is 0 Å². The highest BCUT2D eigenvalue weighted by molar-refractivity contribution is 9.10. The fourth-order valence-corrected chi connectivity index (χ4v) is 4.02. The zero-order chi connectivity index (χ0) is 16.2. The van der Waals surface area contributed by atoms with Gasteiger partial charge in [-0.15, -0.1) is 11.3 Å². The summed E-state index contributed by atoms with van der Waals surface area (Å²) >= 11 is 4.95.